The van der Waals surface area contributed by atoms with E-state index in [9.17, 15) is 8.42 Å². The maximum absolute atomic E-state index is 12.0. The van der Waals surface area contributed by atoms with E-state index in [1.54, 1.807) is 13.8 Å². The fraction of sp³-hybridized carbons (Fsp3) is 1.00. The first-order valence-corrected chi connectivity index (χ1v) is 8.23. The van der Waals surface area contributed by atoms with E-state index >= 15 is 0 Å². The van der Waals surface area contributed by atoms with Crippen LogP contribution < -0.4 is 10.0 Å². The minimum atomic E-state index is -3.13. The average molecular weight is 260 g/mol. The second-order valence-corrected chi connectivity index (χ2v) is 8.04. The molecule has 1 aliphatic carbocycles. The first-order valence-electron chi connectivity index (χ1n) is 6.68. The van der Waals surface area contributed by atoms with Crippen LogP contribution in [0.4, 0.5) is 0 Å². The summed E-state index contributed by atoms with van der Waals surface area (Å²) in [5, 5.41) is 3.03. The lowest BCUT2D eigenvalue weighted by atomic mass is 9.75. The molecular weight excluding hydrogens is 236 g/mol. The number of hydrogen-bond acceptors (Lipinski definition) is 3. The van der Waals surface area contributed by atoms with E-state index in [1.807, 2.05) is 0 Å². The fourth-order valence-electron chi connectivity index (χ4n) is 3.18. The molecule has 0 aromatic carbocycles. The van der Waals surface area contributed by atoms with E-state index in [2.05, 4.69) is 10.0 Å². The van der Waals surface area contributed by atoms with E-state index in [-0.39, 0.29) is 16.7 Å². The Morgan fingerprint density at radius 3 is 2.47 bits per heavy atom. The zero-order valence-corrected chi connectivity index (χ0v) is 11.6. The first-order chi connectivity index (χ1) is 7.96. The molecule has 100 valence electrons. The van der Waals surface area contributed by atoms with Crippen LogP contribution in [0.25, 0.3) is 0 Å². The highest BCUT2D eigenvalue weighted by atomic mass is 32.2. The van der Waals surface area contributed by atoms with Gasteiger partial charge in [0.1, 0.15) is 0 Å². The fourth-order valence-corrected chi connectivity index (χ4v) is 4.22. The van der Waals surface area contributed by atoms with Gasteiger partial charge in [-0.05, 0) is 58.0 Å². The van der Waals surface area contributed by atoms with Gasteiger partial charge in [0.2, 0.25) is 10.0 Å². The molecule has 0 radical (unpaired) electrons. The highest BCUT2D eigenvalue weighted by molar-refractivity contribution is 7.90. The summed E-state index contributed by atoms with van der Waals surface area (Å²) < 4.78 is 26.9. The molecule has 17 heavy (non-hydrogen) atoms. The maximum atomic E-state index is 12.0. The molecule has 0 aromatic heterocycles. The predicted molar refractivity (Wildman–Crippen MR) is 69.4 cm³/mol. The van der Waals surface area contributed by atoms with Crippen molar-refractivity contribution in [2.24, 2.45) is 5.41 Å². The monoisotopic (exact) mass is 260 g/mol. The summed E-state index contributed by atoms with van der Waals surface area (Å²) in [5.41, 5.74) is 0.229. The van der Waals surface area contributed by atoms with E-state index in [1.165, 1.54) is 6.42 Å². The highest BCUT2D eigenvalue weighted by Crippen LogP contribution is 2.45. The summed E-state index contributed by atoms with van der Waals surface area (Å²) >= 11 is 0. The summed E-state index contributed by atoms with van der Waals surface area (Å²) in [7, 11) is -3.13. The Labute approximate surface area is 105 Å². The Morgan fingerprint density at radius 2 is 1.88 bits per heavy atom. The van der Waals surface area contributed by atoms with Crippen LogP contribution in [0.1, 0.15) is 46.0 Å². The Hall–Kier alpha value is -0.130. The Kier molecular flexibility index (Phi) is 3.80. The summed E-state index contributed by atoms with van der Waals surface area (Å²) in [4.78, 5) is 0. The van der Waals surface area contributed by atoms with Crippen molar-refractivity contribution in [2.45, 2.75) is 57.2 Å². The summed E-state index contributed by atoms with van der Waals surface area (Å²) in [6, 6.07) is 0.164. The molecular formula is C12H24N2O2S. The van der Waals surface area contributed by atoms with Crippen LogP contribution in [0, 0.1) is 5.41 Å². The minimum absolute atomic E-state index is 0.164. The van der Waals surface area contributed by atoms with Gasteiger partial charge in [-0.15, -0.1) is 0 Å². The van der Waals surface area contributed by atoms with Gasteiger partial charge in [0.25, 0.3) is 0 Å². The van der Waals surface area contributed by atoms with Crippen LogP contribution in [-0.4, -0.2) is 32.8 Å². The van der Waals surface area contributed by atoms with E-state index in [0.29, 0.717) is 0 Å². The Balaban J connectivity index is 2.10. The molecule has 1 heterocycles. The van der Waals surface area contributed by atoms with Gasteiger partial charge < -0.3 is 5.32 Å². The molecule has 1 unspecified atom stereocenters. The summed E-state index contributed by atoms with van der Waals surface area (Å²) in [5.74, 6) is 0. The molecule has 4 nitrogen and oxygen atoms in total. The molecule has 1 saturated heterocycles. The summed E-state index contributed by atoms with van der Waals surface area (Å²) in [6.07, 6.45) is 5.56. The zero-order valence-electron chi connectivity index (χ0n) is 10.8. The molecule has 0 bridgehead atoms. The average Bonchev–Trinajstić information content (AvgIpc) is 2.62. The van der Waals surface area contributed by atoms with Crippen molar-refractivity contribution in [3.05, 3.63) is 0 Å². The highest BCUT2D eigenvalue weighted by Gasteiger charge is 2.44. The van der Waals surface area contributed by atoms with Gasteiger partial charge in [-0.1, -0.05) is 6.42 Å². The third-order valence-corrected chi connectivity index (χ3v) is 6.29. The van der Waals surface area contributed by atoms with Crippen molar-refractivity contribution in [2.75, 3.05) is 13.1 Å². The van der Waals surface area contributed by atoms with Crippen LogP contribution in [0.15, 0.2) is 0 Å². The molecule has 2 rings (SSSR count). The third-order valence-electron chi connectivity index (χ3n) is 4.43. The number of piperidine rings is 1. The van der Waals surface area contributed by atoms with Crippen LogP contribution >= 0.6 is 0 Å². The second-order valence-electron chi connectivity index (χ2n) is 5.77. The van der Waals surface area contributed by atoms with Crippen molar-refractivity contribution < 1.29 is 8.42 Å². The van der Waals surface area contributed by atoms with Crippen molar-refractivity contribution in [1.29, 1.82) is 0 Å². The van der Waals surface area contributed by atoms with Crippen LogP contribution in [0.2, 0.25) is 0 Å². The van der Waals surface area contributed by atoms with Crippen molar-refractivity contribution in [1.82, 2.24) is 10.0 Å². The molecule has 2 aliphatic rings. The molecule has 2 fully saturated rings. The van der Waals surface area contributed by atoms with E-state index in [0.717, 1.165) is 38.8 Å². The van der Waals surface area contributed by atoms with Gasteiger partial charge in [-0.2, -0.15) is 0 Å². The quantitative estimate of drug-likeness (QED) is 0.802. The maximum Gasteiger partial charge on any atom is 0.214 e. The molecule has 0 amide bonds. The lowest BCUT2D eigenvalue weighted by Crippen LogP contribution is -2.50. The van der Waals surface area contributed by atoms with Gasteiger partial charge >= 0.3 is 0 Å². The lowest BCUT2D eigenvalue weighted by Gasteiger charge is -2.39. The van der Waals surface area contributed by atoms with Crippen molar-refractivity contribution in [3.63, 3.8) is 0 Å². The lowest BCUT2D eigenvalue weighted by molar-refractivity contribution is 0.174. The van der Waals surface area contributed by atoms with Crippen molar-refractivity contribution in [3.8, 4) is 0 Å². The molecule has 1 spiro atoms. The SMILES string of the molecule is CC(C)S(=O)(=O)NC1CCCC12CCNCC2. The molecule has 5 heteroatoms. The van der Waals surface area contributed by atoms with Crippen molar-refractivity contribution >= 4 is 10.0 Å². The van der Waals surface area contributed by atoms with E-state index in [4.69, 9.17) is 0 Å². The zero-order chi connectivity index (χ0) is 12.5. The van der Waals surface area contributed by atoms with Gasteiger partial charge in [-0.3, -0.25) is 0 Å². The van der Waals surface area contributed by atoms with Gasteiger partial charge in [-0.25, -0.2) is 13.1 Å². The third kappa shape index (κ3) is 2.66. The van der Waals surface area contributed by atoms with Gasteiger partial charge in [0, 0.05) is 6.04 Å². The Bertz CT molecular complexity index is 359. The largest absolute Gasteiger partial charge is 0.317 e. The number of sulfonamides is 1. The number of hydrogen-bond donors (Lipinski definition) is 2. The molecule has 0 aromatic rings. The smallest absolute Gasteiger partial charge is 0.214 e. The molecule has 1 saturated carbocycles. The first kappa shape index (κ1) is 13.3. The topological polar surface area (TPSA) is 58.2 Å². The number of nitrogens with one attached hydrogen (secondary N) is 2. The predicted octanol–water partition coefficient (Wildman–Crippen LogP) is 1.24. The molecule has 1 aliphatic heterocycles. The van der Waals surface area contributed by atoms with E-state index < -0.39 is 10.0 Å². The molecule has 1 atom stereocenters. The second kappa shape index (κ2) is 4.86. The summed E-state index contributed by atoms with van der Waals surface area (Å²) in [6.45, 7) is 5.54. The van der Waals surface area contributed by atoms with Crippen LogP contribution in [-0.2, 0) is 10.0 Å². The normalized spacial score (nSPS) is 29.0. The van der Waals surface area contributed by atoms with Gasteiger partial charge in [0.15, 0.2) is 0 Å². The number of rotatable bonds is 3. The Morgan fingerprint density at radius 1 is 1.24 bits per heavy atom. The standard InChI is InChI=1S/C12H24N2O2S/c1-10(2)17(15,16)14-11-4-3-5-12(11)6-8-13-9-7-12/h10-11,13-14H,3-9H2,1-2H3. The molecule has 2 N–H and O–H groups in total. The van der Waals surface area contributed by atoms with Crippen LogP contribution in [0.3, 0.4) is 0 Å². The van der Waals surface area contributed by atoms with Crippen LogP contribution in [0.5, 0.6) is 0 Å². The van der Waals surface area contributed by atoms with Gasteiger partial charge in [0.05, 0.1) is 5.25 Å². The minimum Gasteiger partial charge on any atom is -0.317 e.